The Morgan fingerprint density at radius 1 is 1.12 bits per heavy atom. The maximum Gasteiger partial charge on any atom is 0.352 e. The van der Waals surface area contributed by atoms with Crippen LogP contribution in [-0.4, -0.2) is 32.2 Å². The van der Waals surface area contributed by atoms with Crippen molar-refractivity contribution in [2.75, 3.05) is 12.4 Å². The van der Waals surface area contributed by atoms with Crippen LogP contribution in [0.3, 0.4) is 0 Å². The molecule has 0 saturated carbocycles. The molecule has 1 N–H and O–H groups in total. The number of anilines is 1. The van der Waals surface area contributed by atoms with Gasteiger partial charge in [0.05, 0.1) is 12.8 Å². The van der Waals surface area contributed by atoms with E-state index in [9.17, 15) is 9.59 Å². The highest BCUT2D eigenvalue weighted by atomic mass is 16.5. The van der Waals surface area contributed by atoms with E-state index >= 15 is 0 Å². The molecule has 0 aliphatic rings. The number of nitrogens with one attached hydrogen (secondary N) is 1. The van der Waals surface area contributed by atoms with E-state index in [1.165, 1.54) is 4.40 Å². The maximum absolute atomic E-state index is 12.9. The van der Waals surface area contributed by atoms with Crippen LogP contribution in [0.1, 0.15) is 31.2 Å². The molecule has 8 heteroatoms. The molecule has 0 aliphatic carbocycles. The van der Waals surface area contributed by atoms with Gasteiger partial charge in [-0.3, -0.25) is 4.79 Å². The zero-order valence-corrected chi connectivity index (χ0v) is 18.5. The number of hydrogen-bond acceptors (Lipinski definition) is 5. The Labute approximate surface area is 185 Å². The molecule has 8 nitrogen and oxygen atoms in total. The summed E-state index contributed by atoms with van der Waals surface area (Å²) < 4.78 is 7.77. The van der Waals surface area contributed by atoms with Crippen molar-refractivity contribution in [2.24, 2.45) is 0 Å². The molecule has 2 aromatic heterocycles. The fourth-order valence-corrected chi connectivity index (χ4v) is 3.65. The fourth-order valence-electron chi connectivity index (χ4n) is 3.65. The Hall–Kier alpha value is -3.94. The van der Waals surface area contributed by atoms with E-state index in [0.29, 0.717) is 17.2 Å². The average molecular weight is 431 g/mol. The number of hydrogen-bond donors (Lipinski definition) is 1. The van der Waals surface area contributed by atoms with E-state index in [2.05, 4.69) is 29.2 Å². The smallest absolute Gasteiger partial charge is 0.352 e. The summed E-state index contributed by atoms with van der Waals surface area (Å²) in [6.45, 7) is 5.68. The van der Waals surface area contributed by atoms with Gasteiger partial charge in [0.15, 0.2) is 5.65 Å². The van der Waals surface area contributed by atoms with Crippen LogP contribution in [0, 0.1) is 6.92 Å². The van der Waals surface area contributed by atoms with Crippen LogP contribution in [0.4, 0.5) is 5.69 Å². The number of nitrogens with zero attached hydrogens (tertiary/aromatic N) is 4. The van der Waals surface area contributed by atoms with Crippen LogP contribution < -0.4 is 15.7 Å². The van der Waals surface area contributed by atoms with Crippen LogP contribution in [0.5, 0.6) is 5.75 Å². The number of para-hydroxylation sites is 1. The summed E-state index contributed by atoms with van der Waals surface area (Å²) in [5.74, 6) is 1.19. The first-order valence-corrected chi connectivity index (χ1v) is 10.4. The van der Waals surface area contributed by atoms with E-state index in [1.807, 2.05) is 48.5 Å². The molecule has 1 amide bonds. The summed E-state index contributed by atoms with van der Waals surface area (Å²) in [6.07, 6.45) is 0. The molecule has 0 aliphatic heterocycles. The van der Waals surface area contributed by atoms with Crippen molar-refractivity contribution in [3.05, 3.63) is 76.5 Å². The summed E-state index contributed by atoms with van der Waals surface area (Å²) in [7, 11) is 1.61. The Morgan fingerprint density at radius 2 is 1.84 bits per heavy atom. The van der Waals surface area contributed by atoms with Gasteiger partial charge in [-0.05, 0) is 48.7 Å². The summed E-state index contributed by atoms with van der Waals surface area (Å²) in [5.41, 5.74) is 3.37. The maximum atomic E-state index is 12.9. The molecular formula is C24H25N5O3. The SMILES string of the molecule is COc1ccc(-c2cc3nn(CC(=O)Nc4ccccc4C(C)C)c(=O)n3c(C)n2)cc1. The van der Waals surface area contributed by atoms with Gasteiger partial charge in [-0.15, -0.1) is 5.10 Å². The van der Waals surface area contributed by atoms with E-state index in [0.717, 1.165) is 27.2 Å². The van der Waals surface area contributed by atoms with Crippen molar-refractivity contribution in [1.82, 2.24) is 19.2 Å². The lowest BCUT2D eigenvalue weighted by atomic mass is 10.0. The first-order chi connectivity index (χ1) is 15.4. The predicted octanol–water partition coefficient (Wildman–Crippen LogP) is 3.64. The molecule has 32 heavy (non-hydrogen) atoms. The molecule has 2 heterocycles. The Balaban J connectivity index is 1.62. The number of fused-ring (bicyclic) bond motifs is 1. The summed E-state index contributed by atoms with van der Waals surface area (Å²) in [5, 5.41) is 7.27. The van der Waals surface area contributed by atoms with Crippen molar-refractivity contribution < 1.29 is 9.53 Å². The van der Waals surface area contributed by atoms with Crippen LogP contribution in [0.2, 0.25) is 0 Å². The number of methoxy groups -OCH3 is 1. The first kappa shape index (κ1) is 21.3. The molecule has 0 unspecified atom stereocenters. The number of rotatable bonds is 6. The summed E-state index contributed by atoms with van der Waals surface area (Å²) in [6, 6.07) is 16.9. The van der Waals surface area contributed by atoms with Crippen molar-refractivity contribution in [3.63, 3.8) is 0 Å². The highest BCUT2D eigenvalue weighted by Gasteiger charge is 2.16. The molecule has 4 rings (SSSR count). The third-order valence-corrected chi connectivity index (χ3v) is 5.27. The third kappa shape index (κ3) is 4.12. The lowest BCUT2D eigenvalue weighted by molar-refractivity contribution is -0.117. The average Bonchev–Trinajstić information content (AvgIpc) is 3.09. The highest BCUT2D eigenvalue weighted by molar-refractivity contribution is 5.91. The minimum atomic E-state index is -0.404. The number of carbonyl (C=O) groups is 1. The van der Waals surface area contributed by atoms with Gasteiger partial charge < -0.3 is 10.1 Å². The van der Waals surface area contributed by atoms with E-state index in [-0.39, 0.29) is 18.4 Å². The quantitative estimate of drug-likeness (QED) is 0.503. The van der Waals surface area contributed by atoms with Gasteiger partial charge in [0, 0.05) is 17.3 Å². The minimum Gasteiger partial charge on any atom is -0.497 e. The summed E-state index contributed by atoms with van der Waals surface area (Å²) in [4.78, 5) is 30.1. The highest BCUT2D eigenvalue weighted by Crippen LogP contribution is 2.24. The zero-order valence-electron chi connectivity index (χ0n) is 18.5. The first-order valence-electron chi connectivity index (χ1n) is 10.4. The minimum absolute atomic E-state index is 0.190. The van der Waals surface area contributed by atoms with Gasteiger partial charge in [-0.1, -0.05) is 32.0 Å². The molecule has 164 valence electrons. The van der Waals surface area contributed by atoms with E-state index in [1.54, 1.807) is 20.1 Å². The van der Waals surface area contributed by atoms with Gasteiger partial charge >= 0.3 is 5.69 Å². The largest absolute Gasteiger partial charge is 0.497 e. The Kier molecular flexibility index (Phi) is 5.77. The molecule has 0 bridgehead atoms. The van der Waals surface area contributed by atoms with Crippen molar-refractivity contribution in [2.45, 2.75) is 33.2 Å². The molecular weight excluding hydrogens is 406 g/mol. The molecule has 0 saturated heterocycles. The van der Waals surface area contributed by atoms with Crippen LogP contribution in [0.15, 0.2) is 59.4 Å². The standard InChI is InChI=1S/C24H25N5O3/c1-15(2)19-7-5-6-8-20(19)26-23(30)14-28-24(31)29-16(3)25-21(13-22(29)27-28)17-9-11-18(32-4)12-10-17/h5-13,15H,14H2,1-4H3,(H,26,30). The topological polar surface area (TPSA) is 90.5 Å². The zero-order chi connectivity index (χ0) is 22.8. The van der Waals surface area contributed by atoms with E-state index < -0.39 is 5.69 Å². The predicted molar refractivity (Wildman–Crippen MR) is 123 cm³/mol. The molecule has 0 atom stereocenters. The van der Waals surface area contributed by atoms with Crippen molar-refractivity contribution in [1.29, 1.82) is 0 Å². The van der Waals surface area contributed by atoms with Crippen LogP contribution >= 0.6 is 0 Å². The van der Waals surface area contributed by atoms with Gasteiger partial charge in [-0.25, -0.2) is 18.9 Å². The number of carbonyl (C=O) groups excluding carboxylic acids is 1. The lowest BCUT2D eigenvalue weighted by Gasteiger charge is -2.13. The number of ether oxygens (including phenoxy) is 1. The second-order valence-corrected chi connectivity index (χ2v) is 7.84. The molecule has 2 aromatic carbocycles. The molecule has 4 aromatic rings. The Morgan fingerprint density at radius 3 is 2.53 bits per heavy atom. The van der Waals surface area contributed by atoms with Gasteiger partial charge in [0.2, 0.25) is 5.91 Å². The summed E-state index contributed by atoms with van der Waals surface area (Å²) >= 11 is 0. The second kappa shape index (κ2) is 8.66. The Bertz CT molecular complexity index is 1340. The van der Waals surface area contributed by atoms with E-state index in [4.69, 9.17) is 4.74 Å². The van der Waals surface area contributed by atoms with Crippen LogP contribution in [0.25, 0.3) is 16.9 Å². The number of aromatic nitrogens is 4. The fraction of sp³-hybridized carbons (Fsp3) is 0.250. The monoisotopic (exact) mass is 431 g/mol. The van der Waals surface area contributed by atoms with Gasteiger partial charge in [-0.2, -0.15) is 0 Å². The van der Waals surface area contributed by atoms with Crippen molar-refractivity contribution in [3.8, 4) is 17.0 Å². The normalized spacial score (nSPS) is 11.2. The lowest BCUT2D eigenvalue weighted by Crippen LogP contribution is -2.29. The molecule has 0 spiro atoms. The number of benzene rings is 2. The number of amides is 1. The van der Waals surface area contributed by atoms with Gasteiger partial charge in [0.25, 0.3) is 0 Å². The van der Waals surface area contributed by atoms with Crippen LogP contribution in [-0.2, 0) is 11.3 Å². The molecule has 0 fully saturated rings. The van der Waals surface area contributed by atoms with Gasteiger partial charge in [0.1, 0.15) is 18.1 Å². The third-order valence-electron chi connectivity index (χ3n) is 5.27. The second-order valence-electron chi connectivity index (χ2n) is 7.84. The van der Waals surface area contributed by atoms with Crippen molar-refractivity contribution >= 4 is 17.2 Å². The molecule has 0 radical (unpaired) electrons. The number of aryl methyl sites for hydroxylation is 1.